The molecule has 24 heavy (non-hydrogen) atoms. The lowest BCUT2D eigenvalue weighted by atomic mass is 9.56. The number of hydrogen-bond acceptors (Lipinski definition) is 5. The highest BCUT2D eigenvalue weighted by Gasteiger charge is 2.74. The van der Waals surface area contributed by atoms with Crippen LogP contribution in [0.3, 0.4) is 0 Å². The van der Waals surface area contributed by atoms with E-state index in [1.165, 1.54) is 13.8 Å². The lowest BCUT2D eigenvalue weighted by Crippen LogP contribution is -2.55. The van der Waals surface area contributed by atoms with Crippen molar-refractivity contribution in [1.82, 2.24) is 0 Å². The fraction of sp³-hybridized carbons (Fsp3) is 0.737. The summed E-state index contributed by atoms with van der Waals surface area (Å²) in [5, 5.41) is 0. The Kier molecular flexibility index (Phi) is 3.70. The summed E-state index contributed by atoms with van der Waals surface area (Å²) in [6.07, 6.45) is 1.72. The highest BCUT2D eigenvalue weighted by molar-refractivity contribution is 5.87. The number of allylic oxidation sites excluding steroid dienone is 1. The minimum absolute atomic E-state index is 0.00227. The number of Topliss-reactive ketones (excluding diaryl/α,β-unsaturated/α-hetero) is 1. The predicted octanol–water partition coefficient (Wildman–Crippen LogP) is 2.68. The number of ketones is 1. The van der Waals surface area contributed by atoms with Crippen molar-refractivity contribution in [1.29, 1.82) is 0 Å². The van der Waals surface area contributed by atoms with Crippen molar-refractivity contribution >= 4 is 17.7 Å². The molecule has 0 aliphatic heterocycles. The van der Waals surface area contributed by atoms with E-state index < -0.39 is 35.0 Å². The largest absolute Gasteiger partial charge is 0.457 e. The average Bonchev–Trinajstić information content (AvgIpc) is 2.53. The number of esters is 2. The molecule has 2 unspecified atom stereocenters. The first-order valence-electron chi connectivity index (χ1n) is 8.61. The van der Waals surface area contributed by atoms with Crippen molar-refractivity contribution in [2.75, 3.05) is 0 Å². The number of carbonyl (C=O) groups excluding carboxylic acids is 3. The highest BCUT2D eigenvalue weighted by atomic mass is 16.6. The van der Waals surface area contributed by atoms with E-state index in [-0.39, 0.29) is 23.5 Å². The van der Waals surface area contributed by atoms with Crippen molar-refractivity contribution in [2.45, 2.75) is 59.7 Å². The van der Waals surface area contributed by atoms with Gasteiger partial charge in [-0.1, -0.05) is 26.3 Å². The van der Waals surface area contributed by atoms with E-state index in [9.17, 15) is 14.4 Å². The van der Waals surface area contributed by atoms with Crippen LogP contribution in [0.2, 0.25) is 0 Å². The molecule has 0 heterocycles. The van der Waals surface area contributed by atoms with Crippen LogP contribution in [0.4, 0.5) is 0 Å². The van der Waals surface area contributed by atoms with Gasteiger partial charge in [0.2, 0.25) is 0 Å². The number of ether oxygens (including phenoxy) is 2. The Morgan fingerprint density at radius 1 is 1.21 bits per heavy atom. The van der Waals surface area contributed by atoms with Crippen LogP contribution in [-0.4, -0.2) is 29.4 Å². The fourth-order valence-electron chi connectivity index (χ4n) is 5.83. The normalized spacial score (nSPS) is 42.3. The van der Waals surface area contributed by atoms with Crippen molar-refractivity contribution in [2.24, 2.45) is 29.1 Å². The van der Waals surface area contributed by atoms with E-state index in [2.05, 4.69) is 6.92 Å². The molecule has 3 aliphatic carbocycles. The van der Waals surface area contributed by atoms with Crippen molar-refractivity contribution in [3.63, 3.8) is 0 Å². The minimum Gasteiger partial charge on any atom is -0.457 e. The van der Waals surface area contributed by atoms with E-state index in [1.54, 1.807) is 0 Å². The van der Waals surface area contributed by atoms with E-state index in [0.29, 0.717) is 6.42 Å². The Labute approximate surface area is 142 Å². The zero-order valence-corrected chi connectivity index (χ0v) is 15.2. The Balaban J connectivity index is 2.25. The summed E-state index contributed by atoms with van der Waals surface area (Å²) in [4.78, 5) is 36.6. The maximum Gasteiger partial charge on any atom is 0.303 e. The molecule has 0 amide bonds. The van der Waals surface area contributed by atoms with Crippen LogP contribution < -0.4 is 0 Å². The van der Waals surface area contributed by atoms with E-state index >= 15 is 0 Å². The molecule has 0 N–H and O–H groups in total. The van der Waals surface area contributed by atoms with Crippen LogP contribution in [0.15, 0.2) is 11.6 Å². The zero-order chi connectivity index (χ0) is 18.0. The molecule has 4 bridgehead atoms. The number of rotatable bonds is 2. The molecule has 2 saturated carbocycles. The van der Waals surface area contributed by atoms with Gasteiger partial charge in [0.15, 0.2) is 11.7 Å². The van der Waals surface area contributed by atoms with Crippen LogP contribution in [0.1, 0.15) is 48.0 Å². The van der Waals surface area contributed by atoms with Gasteiger partial charge in [-0.3, -0.25) is 14.4 Å². The Morgan fingerprint density at radius 3 is 2.38 bits per heavy atom. The van der Waals surface area contributed by atoms with Gasteiger partial charge in [-0.2, -0.15) is 0 Å². The highest BCUT2D eigenvalue weighted by Crippen LogP contribution is 2.66. The van der Waals surface area contributed by atoms with Crippen LogP contribution in [-0.2, 0) is 23.9 Å². The molecule has 5 nitrogen and oxygen atoms in total. The molecule has 3 rings (SSSR count). The molecule has 0 aromatic rings. The molecule has 0 aromatic carbocycles. The van der Waals surface area contributed by atoms with Gasteiger partial charge in [0, 0.05) is 25.7 Å². The first-order chi connectivity index (χ1) is 11.0. The monoisotopic (exact) mass is 334 g/mol. The molecule has 3 aliphatic rings. The van der Waals surface area contributed by atoms with Gasteiger partial charge < -0.3 is 9.47 Å². The van der Waals surface area contributed by atoms with Crippen LogP contribution in [0.5, 0.6) is 0 Å². The van der Waals surface area contributed by atoms with Gasteiger partial charge in [-0.25, -0.2) is 0 Å². The third kappa shape index (κ3) is 2.09. The summed E-state index contributed by atoms with van der Waals surface area (Å²) in [5.74, 6) is -0.733. The third-order valence-corrected chi connectivity index (χ3v) is 6.24. The second-order valence-corrected chi connectivity index (χ2v) is 8.32. The summed E-state index contributed by atoms with van der Waals surface area (Å²) in [7, 11) is 0. The first-order valence-corrected chi connectivity index (χ1v) is 8.61. The maximum atomic E-state index is 12.9. The average molecular weight is 334 g/mol. The maximum absolute atomic E-state index is 12.9. The summed E-state index contributed by atoms with van der Waals surface area (Å²) in [5.41, 5.74) is -0.515. The smallest absolute Gasteiger partial charge is 0.303 e. The Bertz CT molecular complexity index is 646. The summed E-state index contributed by atoms with van der Waals surface area (Å²) >= 11 is 0. The molecular formula is C19H26O5. The standard InChI is InChI=1S/C19H26O5/c1-9-7-13(22)15-16-14(9)10(2)8-19(15,24-12(4)21)17(18(16,5)6)23-11(3)20/h8-9,14-17H,7H2,1-6H3/t9-,14-,15?,16+,17-,19?/m1/s1. The molecule has 0 aromatic heterocycles. The number of hydrogen-bond donors (Lipinski definition) is 0. The van der Waals surface area contributed by atoms with E-state index in [0.717, 1.165) is 5.57 Å². The van der Waals surface area contributed by atoms with Gasteiger partial charge in [0.05, 0.1) is 5.92 Å². The minimum atomic E-state index is -1.18. The van der Waals surface area contributed by atoms with Crippen molar-refractivity contribution in [3.05, 3.63) is 11.6 Å². The summed E-state index contributed by atoms with van der Waals surface area (Å²) in [6, 6.07) is 0. The van der Waals surface area contributed by atoms with Gasteiger partial charge in [-0.15, -0.1) is 0 Å². The predicted molar refractivity (Wildman–Crippen MR) is 86.8 cm³/mol. The van der Waals surface area contributed by atoms with Crippen LogP contribution >= 0.6 is 0 Å². The van der Waals surface area contributed by atoms with Crippen molar-refractivity contribution < 1.29 is 23.9 Å². The van der Waals surface area contributed by atoms with E-state index in [1.807, 2.05) is 26.8 Å². The molecular weight excluding hydrogens is 308 g/mol. The molecule has 132 valence electrons. The Hall–Kier alpha value is -1.65. The van der Waals surface area contributed by atoms with Gasteiger partial charge in [-0.05, 0) is 30.8 Å². The first kappa shape index (κ1) is 17.2. The summed E-state index contributed by atoms with van der Waals surface area (Å²) < 4.78 is 11.4. The van der Waals surface area contributed by atoms with E-state index in [4.69, 9.17) is 9.47 Å². The van der Waals surface area contributed by atoms with Crippen LogP contribution in [0, 0.1) is 29.1 Å². The summed E-state index contributed by atoms with van der Waals surface area (Å²) in [6.45, 7) is 10.9. The SMILES string of the molecule is CC(=O)O[C@H]1C2(OC(C)=O)C=C(C)[C@H]3[C@H](C)CC(=O)C2[C@H]3C1(C)C. The molecule has 0 radical (unpaired) electrons. The molecule has 0 saturated heterocycles. The quantitative estimate of drug-likeness (QED) is 0.573. The number of carbonyl (C=O) groups is 3. The fourth-order valence-corrected chi connectivity index (χ4v) is 5.83. The Morgan fingerprint density at radius 2 is 1.83 bits per heavy atom. The van der Waals surface area contributed by atoms with Crippen molar-refractivity contribution in [3.8, 4) is 0 Å². The van der Waals surface area contributed by atoms with Crippen LogP contribution in [0.25, 0.3) is 0 Å². The lowest BCUT2D eigenvalue weighted by molar-refractivity contribution is -0.184. The third-order valence-electron chi connectivity index (χ3n) is 6.24. The van der Waals surface area contributed by atoms with Gasteiger partial charge in [0.25, 0.3) is 0 Å². The molecule has 5 heteroatoms. The topological polar surface area (TPSA) is 69.7 Å². The second-order valence-electron chi connectivity index (χ2n) is 8.32. The molecule has 0 spiro atoms. The zero-order valence-electron chi connectivity index (χ0n) is 15.2. The molecule has 2 fully saturated rings. The van der Waals surface area contributed by atoms with Gasteiger partial charge in [0.1, 0.15) is 5.78 Å². The molecule has 6 atom stereocenters. The lowest BCUT2D eigenvalue weighted by Gasteiger charge is -2.48. The van der Waals surface area contributed by atoms with Gasteiger partial charge >= 0.3 is 11.9 Å². The second kappa shape index (κ2) is 5.17.